The van der Waals surface area contributed by atoms with Crippen LogP contribution in [0.5, 0.6) is 5.75 Å². The van der Waals surface area contributed by atoms with Crippen molar-refractivity contribution >= 4 is 17.7 Å². The van der Waals surface area contributed by atoms with Crippen LogP contribution in [0, 0.1) is 6.92 Å². The lowest BCUT2D eigenvalue weighted by molar-refractivity contribution is -0.120. The van der Waals surface area contributed by atoms with Crippen molar-refractivity contribution in [2.24, 2.45) is 0 Å². The van der Waals surface area contributed by atoms with Crippen molar-refractivity contribution in [2.75, 3.05) is 13.2 Å². The highest BCUT2D eigenvalue weighted by Crippen LogP contribution is 2.23. The van der Waals surface area contributed by atoms with Crippen LogP contribution in [0.3, 0.4) is 0 Å². The summed E-state index contributed by atoms with van der Waals surface area (Å²) in [4.78, 5) is 13.1. The fourth-order valence-electron chi connectivity index (χ4n) is 1.88. The first-order valence-electron chi connectivity index (χ1n) is 7.34. The van der Waals surface area contributed by atoms with Gasteiger partial charge in [-0.2, -0.15) is 0 Å². The molecule has 0 spiro atoms. The molecule has 4 heteroatoms. The highest BCUT2D eigenvalue weighted by molar-refractivity contribution is 8.00. The number of carbonyl (C=O) groups is 1. The van der Waals surface area contributed by atoms with Crippen LogP contribution in [0.15, 0.2) is 59.5 Å². The zero-order chi connectivity index (χ0) is 15.8. The fraction of sp³-hybridized carbons (Fsp3) is 0.278. The van der Waals surface area contributed by atoms with Crippen molar-refractivity contribution in [3.63, 3.8) is 0 Å². The lowest BCUT2D eigenvalue weighted by Gasteiger charge is -2.12. The number of benzene rings is 2. The Hall–Kier alpha value is -1.94. The van der Waals surface area contributed by atoms with Gasteiger partial charge in [-0.3, -0.25) is 4.79 Å². The molecule has 1 atom stereocenters. The van der Waals surface area contributed by atoms with Crippen LogP contribution < -0.4 is 10.1 Å². The lowest BCUT2D eigenvalue weighted by atomic mass is 10.2. The van der Waals surface area contributed by atoms with Crippen LogP contribution in [0.25, 0.3) is 0 Å². The monoisotopic (exact) mass is 315 g/mol. The quantitative estimate of drug-likeness (QED) is 0.626. The predicted octanol–water partition coefficient (Wildman–Crippen LogP) is 3.67. The summed E-state index contributed by atoms with van der Waals surface area (Å²) in [5.74, 6) is 0.848. The van der Waals surface area contributed by atoms with Crippen LogP contribution in [0.2, 0.25) is 0 Å². The normalized spacial score (nSPS) is 11.7. The van der Waals surface area contributed by atoms with E-state index in [0.717, 1.165) is 10.6 Å². The smallest absolute Gasteiger partial charge is 0.233 e. The van der Waals surface area contributed by atoms with Crippen LogP contribution in [-0.2, 0) is 4.79 Å². The summed E-state index contributed by atoms with van der Waals surface area (Å²) in [6.45, 7) is 4.94. The Morgan fingerprint density at radius 1 is 1.14 bits per heavy atom. The van der Waals surface area contributed by atoms with Crippen LogP contribution in [0.4, 0.5) is 0 Å². The first-order chi connectivity index (χ1) is 10.6. The summed E-state index contributed by atoms with van der Waals surface area (Å²) in [5, 5.41) is 2.77. The van der Waals surface area contributed by atoms with E-state index >= 15 is 0 Å². The Balaban J connectivity index is 1.69. The molecule has 116 valence electrons. The summed E-state index contributed by atoms with van der Waals surface area (Å²) < 4.78 is 5.55. The van der Waals surface area contributed by atoms with E-state index in [1.165, 1.54) is 5.56 Å². The first kappa shape index (κ1) is 16.4. The number of rotatable bonds is 7. The van der Waals surface area contributed by atoms with Crippen molar-refractivity contribution < 1.29 is 9.53 Å². The number of thioether (sulfide) groups is 1. The Bertz CT molecular complexity index is 584. The second-order valence-electron chi connectivity index (χ2n) is 5.03. The molecule has 0 aliphatic rings. The molecule has 0 aliphatic heterocycles. The zero-order valence-corrected chi connectivity index (χ0v) is 13.7. The lowest BCUT2D eigenvalue weighted by Crippen LogP contribution is -2.33. The summed E-state index contributed by atoms with van der Waals surface area (Å²) in [6.07, 6.45) is 0. The predicted molar refractivity (Wildman–Crippen MR) is 91.4 cm³/mol. The standard InChI is InChI=1S/C18H21NO2S/c1-14-8-10-17(11-9-14)22-15(2)18(20)19-12-13-21-16-6-4-3-5-7-16/h3-11,15H,12-13H2,1-2H3,(H,19,20)/t15-/m0/s1. The van der Waals surface area contributed by atoms with Gasteiger partial charge in [0.05, 0.1) is 11.8 Å². The topological polar surface area (TPSA) is 38.3 Å². The molecule has 2 aromatic carbocycles. The van der Waals surface area contributed by atoms with Crippen molar-refractivity contribution in [2.45, 2.75) is 24.0 Å². The Morgan fingerprint density at radius 2 is 1.82 bits per heavy atom. The molecule has 3 nitrogen and oxygen atoms in total. The molecule has 0 aliphatic carbocycles. The summed E-state index contributed by atoms with van der Waals surface area (Å²) in [6, 6.07) is 17.8. The third-order valence-electron chi connectivity index (χ3n) is 3.12. The minimum Gasteiger partial charge on any atom is -0.492 e. The molecule has 1 amide bonds. The highest BCUT2D eigenvalue weighted by Gasteiger charge is 2.13. The summed E-state index contributed by atoms with van der Waals surface area (Å²) in [7, 11) is 0. The van der Waals surface area contributed by atoms with Crippen molar-refractivity contribution in [1.82, 2.24) is 5.32 Å². The Morgan fingerprint density at radius 3 is 2.50 bits per heavy atom. The maximum absolute atomic E-state index is 12.0. The zero-order valence-electron chi connectivity index (χ0n) is 12.9. The molecule has 2 rings (SSSR count). The van der Waals surface area contributed by atoms with E-state index in [1.807, 2.05) is 49.4 Å². The number of aryl methyl sites for hydroxylation is 1. The van der Waals surface area contributed by atoms with Crippen LogP contribution in [-0.4, -0.2) is 24.3 Å². The molecule has 0 heterocycles. The fourth-order valence-corrected chi connectivity index (χ4v) is 2.77. The molecule has 0 unspecified atom stereocenters. The van der Waals surface area contributed by atoms with Gasteiger partial charge in [-0.25, -0.2) is 0 Å². The minimum absolute atomic E-state index is 0.0298. The third kappa shape index (κ3) is 5.45. The summed E-state index contributed by atoms with van der Waals surface area (Å²) >= 11 is 1.56. The van der Waals surface area contributed by atoms with Gasteiger partial charge in [0.2, 0.25) is 5.91 Å². The third-order valence-corrected chi connectivity index (χ3v) is 4.23. The highest BCUT2D eigenvalue weighted by atomic mass is 32.2. The molecule has 0 radical (unpaired) electrons. The maximum Gasteiger partial charge on any atom is 0.233 e. The van der Waals surface area contributed by atoms with E-state index < -0.39 is 0 Å². The van der Waals surface area contributed by atoms with Crippen LogP contribution in [0.1, 0.15) is 12.5 Å². The van der Waals surface area contributed by atoms with Gasteiger partial charge in [-0.05, 0) is 38.1 Å². The van der Waals surface area contributed by atoms with Crippen molar-refractivity contribution in [3.05, 3.63) is 60.2 Å². The number of hydrogen-bond donors (Lipinski definition) is 1. The largest absolute Gasteiger partial charge is 0.492 e. The van der Waals surface area contributed by atoms with E-state index in [-0.39, 0.29) is 11.2 Å². The SMILES string of the molecule is Cc1ccc(S[C@@H](C)C(=O)NCCOc2ccccc2)cc1. The van der Waals surface area contributed by atoms with E-state index in [4.69, 9.17) is 4.74 Å². The van der Waals surface area contributed by atoms with Gasteiger partial charge in [-0.15, -0.1) is 11.8 Å². The van der Waals surface area contributed by atoms with E-state index in [2.05, 4.69) is 24.4 Å². The Labute approximate surface area is 136 Å². The van der Waals surface area contributed by atoms with Gasteiger partial charge in [0.15, 0.2) is 0 Å². The van der Waals surface area contributed by atoms with E-state index in [0.29, 0.717) is 13.2 Å². The van der Waals surface area contributed by atoms with Gasteiger partial charge < -0.3 is 10.1 Å². The number of ether oxygens (including phenoxy) is 1. The minimum atomic E-state index is -0.126. The second-order valence-corrected chi connectivity index (χ2v) is 6.44. The number of nitrogens with one attached hydrogen (secondary N) is 1. The number of carbonyl (C=O) groups excluding carboxylic acids is 1. The average molecular weight is 315 g/mol. The van der Waals surface area contributed by atoms with Gasteiger partial charge in [0.25, 0.3) is 0 Å². The second kappa shape index (κ2) is 8.49. The molecule has 0 saturated heterocycles. The number of para-hydroxylation sites is 1. The van der Waals surface area contributed by atoms with Gasteiger partial charge in [0.1, 0.15) is 12.4 Å². The van der Waals surface area contributed by atoms with Gasteiger partial charge in [0, 0.05) is 4.90 Å². The molecule has 0 aromatic heterocycles. The van der Waals surface area contributed by atoms with Gasteiger partial charge >= 0.3 is 0 Å². The summed E-state index contributed by atoms with van der Waals surface area (Å²) in [5.41, 5.74) is 1.22. The van der Waals surface area contributed by atoms with Gasteiger partial charge in [-0.1, -0.05) is 35.9 Å². The molecule has 2 aromatic rings. The molecular formula is C18H21NO2S. The van der Waals surface area contributed by atoms with Crippen LogP contribution >= 0.6 is 11.8 Å². The molecule has 22 heavy (non-hydrogen) atoms. The van der Waals surface area contributed by atoms with Crippen molar-refractivity contribution in [3.8, 4) is 5.75 Å². The molecule has 0 bridgehead atoms. The molecular weight excluding hydrogens is 294 g/mol. The number of amides is 1. The first-order valence-corrected chi connectivity index (χ1v) is 8.22. The van der Waals surface area contributed by atoms with E-state index in [9.17, 15) is 4.79 Å². The van der Waals surface area contributed by atoms with Crippen molar-refractivity contribution in [1.29, 1.82) is 0 Å². The molecule has 0 fully saturated rings. The average Bonchev–Trinajstić information content (AvgIpc) is 2.54. The Kier molecular flexibility index (Phi) is 6.34. The number of hydrogen-bond acceptors (Lipinski definition) is 3. The molecule has 1 N–H and O–H groups in total. The maximum atomic E-state index is 12.0. The van der Waals surface area contributed by atoms with E-state index in [1.54, 1.807) is 11.8 Å². The molecule has 0 saturated carbocycles.